The molecule has 0 aromatic rings. The highest BCUT2D eigenvalue weighted by Gasteiger charge is 2.33. The van der Waals surface area contributed by atoms with E-state index in [4.69, 9.17) is 15.2 Å². The van der Waals surface area contributed by atoms with Gasteiger partial charge in [0, 0.05) is 5.57 Å². The zero-order valence-corrected chi connectivity index (χ0v) is 7.64. The van der Waals surface area contributed by atoms with Gasteiger partial charge in [0.1, 0.15) is 11.9 Å². The van der Waals surface area contributed by atoms with E-state index in [2.05, 4.69) is 24.3 Å². The third kappa shape index (κ3) is 1.06. The number of fused-ring (bicyclic) bond motifs is 2. The van der Waals surface area contributed by atoms with Crippen molar-refractivity contribution in [2.45, 2.75) is 18.9 Å². The van der Waals surface area contributed by atoms with E-state index in [1.165, 1.54) is 11.1 Å². The van der Waals surface area contributed by atoms with Crippen LogP contribution in [0, 0.1) is 0 Å². The van der Waals surface area contributed by atoms with Gasteiger partial charge in [-0.1, -0.05) is 24.3 Å². The van der Waals surface area contributed by atoms with Crippen LogP contribution >= 0.6 is 0 Å². The Hall–Kier alpha value is -1.32. The summed E-state index contributed by atoms with van der Waals surface area (Å²) in [4.78, 5) is 0. The smallest absolute Gasteiger partial charge is 0.257 e. The first-order valence-electron chi connectivity index (χ1n) is 4.71. The van der Waals surface area contributed by atoms with Gasteiger partial charge in [-0.05, 0) is 18.1 Å². The van der Waals surface area contributed by atoms with E-state index in [0.717, 1.165) is 12.2 Å². The topological polar surface area (TPSA) is 44.5 Å². The minimum atomic E-state index is -0.614. The summed E-state index contributed by atoms with van der Waals surface area (Å²) in [5.74, 6) is 0.885. The second-order valence-corrected chi connectivity index (χ2v) is 3.50. The molecule has 3 heteroatoms. The van der Waals surface area contributed by atoms with Crippen molar-refractivity contribution in [2.24, 2.45) is 5.73 Å². The minimum absolute atomic E-state index is 0.0800. The fourth-order valence-corrected chi connectivity index (χ4v) is 1.97. The van der Waals surface area contributed by atoms with Crippen LogP contribution in [0.5, 0.6) is 0 Å². The Morgan fingerprint density at radius 3 is 3.29 bits per heavy atom. The van der Waals surface area contributed by atoms with Crippen molar-refractivity contribution in [1.82, 2.24) is 0 Å². The molecule has 1 fully saturated rings. The van der Waals surface area contributed by atoms with Gasteiger partial charge in [0.15, 0.2) is 0 Å². The molecule has 0 spiro atoms. The first kappa shape index (κ1) is 8.03. The van der Waals surface area contributed by atoms with Crippen LogP contribution in [0.3, 0.4) is 0 Å². The zero-order chi connectivity index (χ0) is 9.54. The lowest BCUT2D eigenvalue weighted by Crippen LogP contribution is -2.20. The maximum Gasteiger partial charge on any atom is 0.257 e. The molecule has 3 aliphatic rings. The Kier molecular flexibility index (Phi) is 1.63. The number of ether oxygens (including phenoxy) is 2. The predicted octanol–water partition coefficient (Wildman–Crippen LogP) is 1.35. The third-order valence-corrected chi connectivity index (χ3v) is 2.61. The van der Waals surface area contributed by atoms with Gasteiger partial charge < -0.3 is 9.47 Å². The van der Waals surface area contributed by atoms with Crippen LogP contribution in [0.2, 0.25) is 0 Å². The molecule has 0 aromatic carbocycles. The molecule has 3 rings (SSSR count). The highest BCUT2D eigenvalue weighted by Crippen LogP contribution is 2.35. The molecule has 0 bridgehead atoms. The van der Waals surface area contributed by atoms with Crippen molar-refractivity contribution in [2.75, 3.05) is 0 Å². The fourth-order valence-electron chi connectivity index (χ4n) is 1.97. The molecule has 1 heterocycles. The highest BCUT2D eigenvalue weighted by molar-refractivity contribution is 5.52. The second-order valence-electron chi connectivity index (χ2n) is 3.50. The molecule has 0 amide bonds. The molecule has 0 unspecified atom stereocenters. The quantitative estimate of drug-likeness (QED) is 0.625. The summed E-state index contributed by atoms with van der Waals surface area (Å²) in [6, 6.07) is 0. The van der Waals surface area contributed by atoms with Gasteiger partial charge in [0.25, 0.3) is 6.41 Å². The van der Waals surface area contributed by atoms with E-state index >= 15 is 0 Å². The van der Waals surface area contributed by atoms with Gasteiger partial charge in [-0.3, -0.25) is 5.73 Å². The number of rotatable bonds is 0. The van der Waals surface area contributed by atoms with E-state index < -0.39 is 6.41 Å². The zero-order valence-electron chi connectivity index (χ0n) is 7.64. The van der Waals surface area contributed by atoms with Crippen molar-refractivity contribution in [3.8, 4) is 0 Å². The summed E-state index contributed by atoms with van der Waals surface area (Å²) in [6.45, 7) is 0. The van der Waals surface area contributed by atoms with Crippen molar-refractivity contribution in [3.63, 3.8) is 0 Å². The SMILES string of the molecule is N[C@@H]1OC2=C3CC=CC=C3C=C[C@@H]2O1. The Labute approximate surface area is 82.2 Å². The van der Waals surface area contributed by atoms with Crippen LogP contribution in [0.25, 0.3) is 0 Å². The van der Waals surface area contributed by atoms with Crippen LogP contribution in [0.4, 0.5) is 0 Å². The first-order chi connectivity index (χ1) is 6.84. The van der Waals surface area contributed by atoms with E-state index in [0.29, 0.717) is 0 Å². The normalized spacial score (nSPS) is 33.6. The molecule has 2 aliphatic carbocycles. The molecule has 0 saturated carbocycles. The maximum atomic E-state index is 5.57. The Bertz CT molecular complexity index is 390. The number of allylic oxidation sites excluding steroid dienone is 6. The van der Waals surface area contributed by atoms with Gasteiger partial charge in [-0.25, -0.2) is 0 Å². The van der Waals surface area contributed by atoms with E-state index in [-0.39, 0.29) is 6.10 Å². The van der Waals surface area contributed by atoms with Crippen molar-refractivity contribution < 1.29 is 9.47 Å². The van der Waals surface area contributed by atoms with Crippen LogP contribution in [-0.4, -0.2) is 12.5 Å². The second kappa shape index (κ2) is 2.83. The predicted molar refractivity (Wildman–Crippen MR) is 51.9 cm³/mol. The molecule has 2 N–H and O–H groups in total. The van der Waals surface area contributed by atoms with Crippen LogP contribution in [-0.2, 0) is 9.47 Å². The van der Waals surface area contributed by atoms with E-state index in [1.807, 2.05) is 6.08 Å². The molecular weight excluding hydrogens is 178 g/mol. The monoisotopic (exact) mass is 189 g/mol. The maximum absolute atomic E-state index is 5.57. The lowest BCUT2D eigenvalue weighted by atomic mass is 9.91. The third-order valence-electron chi connectivity index (χ3n) is 2.61. The Morgan fingerprint density at radius 1 is 1.43 bits per heavy atom. The fraction of sp³-hybridized carbons (Fsp3) is 0.273. The molecule has 14 heavy (non-hydrogen) atoms. The molecule has 72 valence electrons. The van der Waals surface area contributed by atoms with Crippen LogP contribution < -0.4 is 5.73 Å². The van der Waals surface area contributed by atoms with Gasteiger partial charge in [-0.2, -0.15) is 0 Å². The molecular formula is C11H11NO2. The molecule has 0 radical (unpaired) electrons. The van der Waals surface area contributed by atoms with E-state index in [9.17, 15) is 0 Å². The Balaban J connectivity index is 2.07. The van der Waals surface area contributed by atoms with Gasteiger partial charge >= 0.3 is 0 Å². The number of nitrogens with two attached hydrogens (primary N) is 1. The summed E-state index contributed by atoms with van der Waals surface area (Å²) >= 11 is 0. The summed E-state index contributed by atoms with van der Waals surface area (Å²) in [7, 11) is 0. The lowest BCUT2D eigenvalue weighted by molar-refractivity contribution is -0.0381. The number of hydrogen-bond acceptors (Lipinski definition) is 3. The molecule has 1 aliphatic heterocycles. The summed E-state index contributed by atoms with van der Waals surface area (Å²) in [5, 5.41) is 0. The molecule has 2 atom stereocenters. The highest BCUT2D eigenvalue weighted by atomic mass is 16.7. The molecule has 3 nitrogen and oxygen atoms in total. The van der Waals surface area contributed by atoms with Gasteiger partial charge in [0.05, 0.1) is 0 Å². The molecule has 0 aromatic heterocycles. The van der Waals surface area contributed by atoms with E-state index in [1.54, 1.807) is 0 Å². The Morgan fingerprint density at radius 2 is 2.36 bits per heavy atom. The van der Waals surface area contributed by atoms with Crippen LogP contribution in [0.15, 0.2) is 47.3 Å². The number of hydrogen-bond donors (Lipinski definition) is 1. The standard InChI is InChI=1S/C11H11NO2/c12-11-13-9-6-5-7-3-1-2-4-8(7)10(9)14-11/h1-3,5-6,9,11H,4,12H2/t9-,11-/m0/s1. The molecule has 1 saturated heterocycles. The van der Waals surface area contributed by atoms with Crippen molar-refractivity contribution >= 4 is 0 Å². The average molecular weight is 189 g/mol. The largest absolute Gasteiger partial charge is 0.452 e. The minimum Gasteiger partial charge on any atom is -0.452 e. The summed E-state index contributed by atoms with van der Waals surface area (Å²) in [5.41, 5.74) is 7.97. The van der Waals surface area contributed by atoms with Crippen molar-refractivity contribution in [1.29, 1.82) is 0 Å². The first-order valence-corrected chi connectivity index (χ1v) is 4.71. The van der Waals surface area contributed by atoms with Gasteiger partial charge in [-0.15, -0.1) is 0 Å². The van der Waals surface area contributed by atoms with Crippen molar-refractivity contribution in [3.05, 3.63) is 47.3 Å². The lowest BCUT2D eigenvalue weighted by Gasteiger charge is -2.18. The van der Waals surface area contributed by atoms with Crippen LogP contribution in [0.1, 0.15) is 6.42 Å². The van der Waals surface area contributed by atoms with Gasteiger partial charge in [0.2, 0.25) is 0 Å². The summed E-state index contributed by atoms with van der Waals surface area (Å²) < 4.78 is 10.8. The average Bonchev–Trinajstić information content (AvgIpc) is 2.59. The summed E-state index contributed by atoms with van der Waals surface area (Å²) in [6.07, 6.45) is 10.5.